The maximum atomic E-state index is 11.8. The van der Waals surface area contributed by atoms with Crippen molar-refractivity contribution in [2.45, 2.75) is 25.7 Å². The van der Waals surface area contributed by atoms with Crippen LogP contribution in [0.15, 0.2) is 28.7 Å². The topological polar surface area (TPSA) is 58.2 Å². The molecular weight excluding hydrogens is 320 g/mol. The first kappa shape index (κ1) is 15.0. The second kappa shape index (κ2) is 7.43. The summed E-state index contributed by atoms with van der Waals surface area (Å²) in [5.74, 6) is 0.185. The van der Waals surface area contributed by atoms with Gasteiger partial charge < -0.3 is 10.6 Å². The van der Waals surface area contributed by atoms with Crippen LogP contribution in [0.2, 0.25) is 0 Å². The van der Waals surface area contributed by atoms with Crippen molar-refractivity contribution in [3.8, 4) is 0 Å². The molecule has 2 N–H and O–H groups in total. The molecule has 0 atom stereocenters. The summed E-state index contributed by atoms with van der Waals surface area (Å²) in [6.07, 6.45) is 4.30. The summed E-state index contributed by atoms with van der Waals surface area (Å²) in [5.41, 5.74) is 0.621. The Labute approximate surface area is 127 Å². The number of amides is 2. The van der Waals surface area contributed by atoms with Gasteiger partial charge in [0, 0.05) is 29.0 Å². The molecule has 1 aromatic rings. The van der Waals surface area contributed by atoms with Crippen molar-refractivity contribution in [3.05, 3.63) is 34.3 Å². The molecular formula is C15H19BrN2O2. The Bertz CT molecular complexity index is 467. The normalized spacial score (nSPS) is 15.1. The van der Waals surface area contributed by atoms with Gasteiger partial charge in [0.05, 0.1) is 0 Å². The summed E-state index contributed by atoms with van der Waals surface area (Å²) >= 11 is 3.33. The van der Waals surface area contributed by atoms with E-state index in [1.54, 1.807) is 12.1 Å². The van der Waals surface area contributed by atoms with Gasteiger partial charge in [-0.2, -0.15) is 0 Å². The van der Waals surface area contributed by atoms with E-state index in [0.29, 0.717) is 18.7 Å². The maximum absolute atomic E-state index is 11.8. The highest BCUT2D eigenvalue weighted by molar-refractivity contribution is 9.10. The molecule has 0 aliphatic heterocycles. The fourth-order valence-corrected chi connectivity index (χ4v) is 2.66. The van der Waals surface area contributed by atoms with E-state index in [1.807, 2.05) is 12.1 Å². The van der Waals surface area contributed by atoms with Gasteiger partial charge in [-0.1, -0.05) is 28.8 Å². The highest BCUT2D eigenvalue weighted by Crippen LogP contribution is 2.24. The number of rotatable bonds is 5. The second-order valence-electron chi connectivity index (χ2n) is 5.04. The van der Waals surface area contributed by atoms with Gasteiger partial charge >= 0.3 is 0 Å². The van der Waals surface area contributed by atoms with Gasteiger partial charge in [0.15, 0.2) is 0 Å². The van der Waals surface area contributed by atoms with Crippen molar-refractivity contribution in [1.29, 1.82) is 0 Å². The van der Waals surface area contributed by atoms with E-state index in [4.69, 9.17) is 0 Å². The standard InChI is InChI=1S/C15H19BrN2O2/c16-13-7-5-12(6-8-13)15(20)18-10-9-17-14(19)11-3-1-2-4-11/h5-8,11H,1-4,9-10H2,(H,17,19)(H,18,20). The highest BCUT2D eigenvalue weighted by atomic mass is 79.9. The van der Waals surface area contributed by atoms with E-state index in [1.165, 1.54) is 0 Å². The van der Waals surface area contributed by atoms with Crippen molar-refractivity contribution in [1.82, 2.24) is 10.6 Å². The minimum atomic E-state index is -0.118. The van der Waals surface area contributed by atoms with Gasteiger partial charge in [-0.05, 0) is 37.1 Å². The average molecular weight is 339 g/mol. The smallest absolute Gasteiger partial charge is 0.251 e. The van der Waals surface area contributed by atoms with Crippen LogP contribution in [0.5, 0.6) is 0 Å². The Morgan fingerprint density at radius 1 is 1.05 bits per heavy atom. The van der Waals surface area contributed by atoms with Gasteiger partial charge in [-0.3, -0.25) is 9.59 Å². The third-order valence-corrected chi connectivity index (χ3v) is 4.07. The molecule has 0 heterocycles. The molecule has 1 aliphatic carbocycles. The summed E-state index contributed by atoms with van der Waals surface area (Å²) in [4.78, 5) is 23.6. The summed E-state index contributed by atoms with van der Waals surface area (Å²) in [6, 6.07) is 7.18. The monoisotopic (exact) mass is 338 g/mol. The Hall–Kier alpha value is -1.36. The van der Waals surface area contributed by atoms with Gasteiger partial charge in [0.25, 0.3) is 5.91 Å². The molecule has 0 radical (unpaired) electrons. The number of carbonyl (C=O) groups excluding carboxylic acids is 2. The van der Waals surface area contributed by atoms with Crippen molar-refractivity contribution >= 4 is 27.7 Å². The number of nitrogens with one attached hydrogen (secondary N) is 2. The molecule has 108 valence electrons. The molecule has 0 bridgehead atoms. The third-order valence-electron chi connectivity index (χ3n) is 3.54. The molecule has 2 amide bonds. The Balaban J connectivity index is 1.66. The number of benzene rings is 1. The van der Waals surface area contributed by atoms with Gasteiger partial charge in [0.2, 0.25) is 5.91 Å². The van der Waals surface area contributed by atoms with Gasteiger partial charge in [-0.25, -0.2) is 0 Å². The second-order valence-corrected chi connectivity index (χ2v) is 5.95. The molecule has 1 fully saturated rings. The molecule has 20 heavy (non-hydrogen) atoms. The van der Waals surface area contributed by atoms with Crippen LogP contribution in [0, 0.1) is 5.92 Å². The maximum Gasteiger partial charge on any atom is 0.251 e. The molecule has 0 unspecified atom stereocenters. The Morgan fingerprint density at radius 2 is 1.65 bits per heavy atom. The molecule has 1 aromatic carbocycles. The molecule has 5 heteroatoms. The van der Waals surface area contributed by atoms with Crippen LogP contribution in [-0.2, 0) is 4.79 Å². The van der Waals surface area contributed by atoms with E-state index < -0.39 is 0 Å². The quantitative estimate of drug-likeness (QED) is 0.810. The molecule has 4 nitrogen and oxygen atoms in total. The zero-order valence-electron chi connectivity index (χ0n) is 11.3. The zero-order valence-corrected chi connectivity index (χ0v) is 12.9. The predicted octanol–water partition coefficient (Wildman–Crippen LogP) is 2.49. The summed E-state index contributed by atoms with van der Waals surface area (Å²) < 4.78 is 0.942. The van der Waals surface area contributed by atoms with Gasteiger partial charge in [-0.15, -0.1) is 0 Å². The van der Waals surface area contributed by atoms with Crippen molar-refractivity contribution in [3.63, 3.8) is 0 Å². The van der Waals surface area contributed by atoms with Crippen LogP contribution in [0.3, 0.4) is 0 Å². The number of carbonyl (C=O) groups is 2. The van der Waals surface area contributed by atoms with E-state index in [0.717, 1.165) is 30.2 Å². The minimum absolute atomic E-state index is 0.118. The van der Waals surface area contributed by atoms with Crippen LogP contribution >= 0.6 is 15.9 Å². The van der Waals surface area contributed by atoms with Crippen molar-refractivity contribution in [2.24, 2.45) is 5.92 Å². The summed E-state index contributed by atoms with van der Waals surface area (Å²) in [7, 11) is 0. The minimum Gasteiger partial charge on any atom is -0.354 e. The fraction of sp³-hybridized carbons (Fsp3) is 0.467. The Morgan fingerprint density at radius 3 is 2.30 bits per heavy atom. The first-order chi connectivity index (χ1) is 9.66. The molecule has 1 aliphatic rings. The SMILES string of the molecule is O=C(NCCNC(=O)C1CCCC1)c1ccc(Br)cc1. The lowest BCUT2D eigenvalue weighted by Crippen LogP contribution is -2.37. The molecule has 0 aromatic heterocycles. The van der Waals surface area contributed by atoms with Crippen LogP contribution in [-0.4, -0.2) is 24.9 Å². The Kier molecular flexibility index (Phi) is 5.59. The third kappa shape index (κ3) is 4.34. The first-order valence-electron chi connectivity index (χ1n) is 6.98. The zero-order chi connectivity index (χ0) is 14.4. The lowest BCUT2D eigenvalue weighted by atomic mass is 10.1. The van der Waals surface area contributed by atoms with Crippen molar-refractivity contribution < 1.29 is 9.59 Å². The van der Waals surface area contributed by atoms with Crippen LogP contribution < -0.4 is 10.6 Å². The van der Waals surface area contributed by atoms with Crippen LogP contribution in [0.25, 0.3) is 0 Å². The van der Waals surface area contributed by atoms with Crippen LogP contribution in [0.4, 0.5) is 0 Å². The van der Waals surface area contributed by atoms with E-state index in [2.05, 4.69) is 26.6 Å². The van der Waals surface area contributed by atoms with Crippen molar-refractivity contribution in [2.75, 3.05) is 13.1 Å². The fourth-order valence-electron chi connectivity index (χ4n) is 2.40. The van der Waals surface area contributed by atoms with E-state index >= 15 is 0 Å². The molecule has 1 saturated carbocycles. The number of halogens is 1. The lowest BCUT2D eigenvalue weighted by molar-refractivity contribution is -0.124. The average Bonchev–Trinajstić information content (AvgIpc) is 2.98. The summed E-state index contributed by atoms with van der Waals surface area (Å²) in [5, 5.41) is 5.67. The molecule has 2 rings (SSSR count). The van der Waals surface area contributed by atoms with Crippen LogP contribution in [0.1, 0.15) is 36.0 Å². The highest BCUT2D eigenvalue weighted by Gasteiger charge is 2.21. The van der Waals surface area contributed by atoms with E-state index in [9.17, 15) is 9.59 Å². The lowest BCUT2D eigenvalue weighted by Gasteiger charge is -2.11. The molecule has 0 spiro atoms. The molecule has 0 saturated heterocycles. The number of hydrogen-bond donors (Lipinski definition) is 2. The van der Waals surface area contributed by atoms with Gasteiger partial charge in [0.1, 0.15) is 0 Å². The number of hydrogen-bond acceptors (Lipinski definition) is 2. The van der Waals surface area contributed by atoms with E-state index in [-0.39, 0.29) is 17.7 Å². The first-order valence-corrected chi connectivity index (χ1v) is 7.77. The largest absolute Gasteiger partial charge is 0.354 e. The summed E-state index contributed by atoms with van der Waals surface area (Å²) in [6.45, 7) is 0.935. The predicted molar refractivity (Wildman–Crippen MR) is 81.4 cm³/mol.